The minimum Gasteiger partial charge on any atom is -0.315 e. The second-order valence-electron chi connectivity index (χ2n) is 2.44. The van der Waals surface area contributed by atoms with Crippen molar-refractivity contribution in [3.63, 3.8) is 0 Å². The molecule has 0 aromatic carbocycles. The normalized spacial score (nSPS) is 11.3. The number of hydrogen-bond acceptors (Lipinski definition) is 3. The molecule has 0 spiro atoms. The van der Waals surface area contributed by atoms with Crippen molar-refractivity contribution in [3.05, 3.63) is 11.4 Å². The van der Waals surface area contributed by atoms with Crippen molar-refractivity contribution in [2.24, 2.45) is 17.3 Å². The Morgan fingerprint density at radius 1 is 1.36 bits per heavy atom. The SMILES string of the molecule is CN=Nc1nc(C)c(C)n1C. The Balaban J connectivity index is 3.18. The van der Waals surface area contributed by atoms with Gasteiger partial charge in [0, 0.05) is 19.8 Å². The summed E-state index contributed by atoms with van der Waals surface area (Å²) >= 11 is 0. The summed E-state index contributed by atoms with van der Waals surface area (Å²) in [6.45, 7) is 3.97. The molecule has 0 saturated carbocycles. The lowest BCUT2D eigenvalue weighted by molar-refractivity contribution is 0.855. The first kappa shape index (κ1) is 7.91. The average Bonchev–Trinajstić information content (AvgIpc) is 2.19. The minimum absolute atomic E-state index is 0.669. The molecular weight excluding hydrogens is 140 g/mol. The van der Waals surface area contributed by atoms with E-state index in [1.807, 2.05) is 25.5 Å². The molecule has 0 radical (unpaired) electrons. The van der Waals surface area contributed by atoms with Gasteiger partial charge in [0.1, 0.15) is 0 Å². The molecule has 0 bridgehead atoms. The molecule has 1 aromatic heterocycles. The van der Waals surface area contributed by atoms with Crippen molar-refractivity contribution in [2.45, 2.75) is 13.8 Å². The van der Waals surface area contributed by atoms with E-state index in [1.165, 1.54) is 0 Å². The van der Waals surface area contributed by atoms with Gasteiger partial charge in [-0.05, 0) is 13.8 Å². The molecule has 1 rings (SSSR count). The van der Waals surface area contributed by atoms with Crippen LogP contribution in [0.2, 0.25) is 0 Å². The fourth-order valence-corrected chi connectivity index (χ4v) is 0.877. The molecule has 4 nitrogen and oxygen atoms in total. The van der Waals surface area contributed by atoms with Crippen LogP contribution in [-0.2, 0) is 7.05 Å². The zero-order chi connectivity index (χ0) is 8.43. The van der Waals surface area contributed by atoms with Crippen LogP contribution in [0.15, 0.2) is 10.2 Å². The second kappa shape index (κ2) is 2.82. The van der Waals surface area contributed by atoms with Gasteiger partial charge < -0.3 is 4.57 Å². The predicted molar refractivity (Wildman–Crippen MR) is 43.1 cm³/mol. The highest BCUT2D eigenvalue weighted by molar-refractivity contribution is 5.25. The number of azo groups is 1. The molecule has 0 amide bonds. The topological polar surface area (TPSA) is 42.5 Å². The van der Waals surface area contributed by atoms with E-state index in [0.717, 1.165) is 11.4 Å². The third kappa shape index (κ3) is 1.29. The lowest BCUT2D eigenvalue weighted by atomic mass is 10.4. The van der Waals surface area contributed by atoms with Gasteiger partial charge in [0.05, 0.1) is 5.69 Å². The van der Waals surface area contributed by atoms with E-state index in [1.54, 1.807) is 7.05 Å². The van der Waals surface area contributed by atoms with E-state index in [0.29, 0.717) is 5.95 Å². The van der Waals surface area contributed by atoms with E-state index >= 15 is 0 Å². The molecule has 0 unspecified atom stereocenters. The maximum Gasteiger partial charge on any atom is 0.249 e. The maximum atomic E-state index is 4.20. The molecule has 0 atom stereocenters. The molecule has 0 fully saturated rings. The van der Waals surface area contributed by atoms with Gasteiger partial charge in [0.15, 0.2) is 0 Å². The van der Waals surface area contributed by atoms with Gasteiger partial charge in [-0.2, -0.15) is 5.11 Å². The molecule has 0 N–H and O–H groups in total. The molecule has 0 aliphatic carbocycles. The number of aromatic nitrogens is 2. The fraction of sp³-hybridized carbons (Fsp3) is 0.571. The van der Waals surface area contributed by atoms with E-state index < -0.39 is 0 Å². The van der Waals surface area contributed by atoms with Crippen LogP contribution in [0.25, 0.3) is 0 Å². The Bertz CT molecular complexity index is 285. The summed E-state index contributed by atoms with van der Waals surface area (Å²) < 4.78 is 1.92. The van der Waals surface area contributed by atoms with Crippen molar-refractivity contribution in [2.75, 3.05) is 7.05 Å². The lowest BCUT2D eigenvalue weighted by Crippen LogP contribution is -1.89. The van der Waals surface area contributed by atoms with Crippen molar-refractivity contribution >= 4 is 5.95 Å². The van der Waals surface area contributed by atoms with Gasteiger partial charge in [-0.3, -0.25) is 0 Å². The van der Waals surface area contributed by atoms with Crippen LogP contribution in [0.5, 0.6) is 0 Å². The number of hydrogen-bond donors (Lipinski definition) is 0. The molecule has 0 saturated heterocycles. The van der Waals surface area contributed by atoms with Gasteiger partial charge in [0.2, 0.25) is 5.95 Å². The van der Waals surface area contributed by atoms with Gasteiger partial charge in [-0.15, -0.1) is 5.11 Å². The van der Waals surface area contributed by atoms with E-state index in [2.05, 4.69) is 15.2 Å². The molecular formula is C7H12N4. The number of aryl methyl sites for hydroxylation is 1. The first-order valence-electron chi connectivity index (χ1n) is 3.46. The van der Waals surface area contributed by atoms with E-state index in [-0.39, 0.29) is 0 Å². The summed E-state index contributed by atoms with van der Waals surface area (Å²) in [5, 5.41) is 7.53. The summed E-state index contributed by atoms with van der Waals surface area (Å²) in [4.78, 5) is 4.20. The molecule has 60 valence electrons. The Labute approximate surface area is 66.0 Å². The quantitative estimate of drug-likeness (QED) is 0.565. The van der Waals surface area contributed by atoms with Gasteiger partial charge in [-0.1, -0.05) is 0 Å². The largest absolute Gasteiger partial charge is 0.315 e. The number of nitrogens with zero attached hydrogens (tertiary/aromatic N) is 4. The standard InChI is InChI=1S/C7H12N4/c1-5-6(2)11(4)7(9-5)10-8-3/h1-4H3. The molecule has 4 heteroatoms. The van der Waals surface area contributed by atoms with Crippen LogP contribution in [0.1, 0.15) is 11.4 Å². The highest BCUT2D eigenvalue weighted by Gasteiger charge is 2.04. The molecule has 11 heavy (non-hydrogen) atoms. The summed E-state index contributed by atoms with van der Waals surface area (Å²) in [5.41, 5.74) is 2.14. The van der Waals surface area contributed by atoms with Crippen molar-refractivity contribution < 1.29 is 0 Å². The molecule has 0 aliphatic rings. The van der Waals surface area contributed by atoms with Crippen LogP contribution in [0.4, 0.5) is 5.95 Å². The third-order valence-electron chi connectivity index (χ3n) is 1.78. The van der Waals surface area contributed by atoms with Gasteiger partial charge in [-0.25, -0.2) is 4.98 Å². The lowest BCUT2D eigenvalue weighted by Gasteiger charge is -1.94. The summed E-state index contributed by atoms with van der Waals surface area (Å²) in [7, 11) is 3.57. The third-order valence-corrected chi connectivity index (χ3v) is 1.78. The fourth-order valence-electron chi connectivity index (χ4n) is 0.877. The van der Waals surface area contributed by atoms with Gasteiger partial charge >= 0.3 is 0 Å². The zero-order valence-corrected chi connectivity index (χ0v) is 7.29. The molecule has 1 aromatic rings. The van der Waals surface area contributed by atoms with E-state index in [9.17, 15) is 0 Å². The Morgan fingerprint density at radius 2 is 2.00 bits per heavy atom. The van der Waals surface area contributed by atoms with Crippen LogP contribution in [-0.4, -0.2) is 16.6 Å². The predicted octanol–water partition coefficient (Wildman–Crippen LogP) is 1.75. The molecule has 1 heterocycles. The number of rotatable bonds is 1. The molecule has 0 aliphatic heterocycles. The van der Waals surface area contributed by atoms with Crippen molar-refractivity contribution in [1.82, 2.24) is 9.55 Å². The first-order valence-corrected chi connectivity index (χ1v) is 3.46. The average molecular weight is 152 g/mol. The Kier molecular flexibility index (Phi) is 2.03. The summed E-state index contributed by atoms with van der Waals surface area (Å²) in [6, 6.07) is 0. The van der Waals surface area contributed by atoms with Crippen LogP contribution in [0, 0.1) is 13.8 Å². The maximum absolute atomic E-state index is 4.20. The summed E-state index contributed by atoms with van der Waals surface area (Å²) in [5.74, 6) is 0.669. The minimum atomic E-state index is 0.669. The number of imidazole rings is 1. The smallest absolute Gasteiger partial charge is 0.249 e. The second-order valence-corrected chi connectivity index (χ2v) is 2.44. The summed E-state index contributed by atoms with van der Waals surface area (Å²) in [6.07, 6.45) is 0. The van der Waals surface area contributed by atoms with Crippen LogP contribution in [0.3, 0.4) is 0 Å². The van der Waals surface area contributed by atoms with Crippen molar-refractivity contribution in [3.8, 4) is 0 Å². The van der Waals surface area contributed by atoms with E-state index in [4.69, 9.17) is 0 Å². The van der Waals surface area contributed by atoms with Crippen LogP contribution < -0.4 is 0 Å². The van der Waals surface area contributed by atoms with Gasteiger partial charge in [0.25, 0.3) is 0 Å². The van der Waals surface area contributed by atoms with Crippen LogP contribution >= 0.6 is 0 Å². The Hall–Kier alpha value is -1.19. The van der Waals surface area contributed by atoms with Crippen molar-refractivity contribution in [1.29, 1.82) is 0 Å². The highest BCUT2D eigenvalue weighted by atomic mass is 15.2. The highest BCUT2D eigenvalue weighted by Crippen LogP contribution is 2.14. The zero-order valence-electron chi connectivity index (χ0n) is 7.29. The Morgan fingerprint density at radius 3 is 2.36 bits per heavy atom. The first-order chi connectivity index (χ1) is 5.16. The monoisotopic (exact) mass is 152 g/mol.